The molecule has 0 atom stereocenters. The van der Waals surface area contributed by atoms with Crippen LogP contribution in [0.2, 0.25) is 0 Å². The summed E-state index contributed by atoms with van der Waals surface area (Å²) in [4.78, 5) is 0.0798. The first-order valence-corrected chi connectivity index (χ1v) is 6.80. The summed E-state index contributed by atoms with van der Waals surface area (Å²) in [5, 5.41) is 11.3. The Morgan fingerprint density at radius 3 is 2.47 bits per heavy atom. The molecule has 0 aliphatic rings. The zero-order valence-electron chi connectivity index (χ0n) is 9.80. The second-order valence-electron chi connectivity index (χ2n) is 3.67. The van der Waals surface area contributed by atoms with Crippen LogP contribution in [0.5, 0.6) is 5.75 Å². The maximum atomic E-state index is 12.0. The third kappa shape index (κ3) is 3.32. The van der Waals surface area contributed by atoms with Gasteiger partial charge < -0.3 is 9.39 Å². The highest BCUT2D eigenvalue weighted by atomic mass is 32.2. The van der Waals surface area contributed by atoms with Crippen molar-refractivity contribution in [3.05, 3.63) is 60.2 Å². The number of hydrogen-bond donors (Lipinski definition) is 1. The molecule has 0 heterocycles. The van der Waals surface area contributed by atoms with Crippen molar-refractivity contribution in [1.82, 2.24) is 0 Å². The molecule has 6 heteroatoms. The van der Waals surface area contributed by atoms with Crippen LogP contribution in [0.3, 0.4) is 0 Å². The summed E-state index contributed by atoms with van der Waals surface area (Å²) < 4.78 is 28.9. The number of oxime groups is 1. The first-order valence-electron chi connectivity index (χ1n) is 5.39. The van der Waals surface area contributed by atoms with Crippen molar-refractivity contribution in [1.29, 1.82) is 0 Å². The summed E-state index contributed by atoms with van der Waals surface area (Å²) in [6.07, 6.45) is 1.18. The van der Waals surface area contributed by atoms with Crippen LogP contribution in [0.15, 0.2) is 64.6 Å². The van der Waals surface area contributed by atoms with Crippen molar-refractivity contribution in [2.75, 3.05) is 0 Å². The van der Waals surface area contributed by atoms with Crippen LogP contribution >= 0.6 is 0 Å². The normalized spacial score (nSPS) is 11.6. The zero-order chi connectivity index (χ0) is 13.7. The van der Waals surface area contributed by atoms with Crippen LogP contribution in [0.4, 0.5) is 0 Å². The molecular formula is C13H11NO4S. The molecule has 0 fully saturated rings. The summed E-state index contributed by atoms with van der Waals surface area (Å²) in [7, 11) is -3.85. The molecule has 5 nitrogen and oxygen atoms in total. The molecule has 0 amide bonds. The Balaban J connectivity index is 2.28. The van der Waals surface area contributed by atoms with Crippen molar-refractivity contribution < 1.29 is 17.8 Å². The Morgan fingerprint density at radius 1 is 1.05 bits per heavy atom. The van der Waals surface area contributed by atoms with Gasteiger partial charge in [0.05, 0.1) is 6.21 Å². The van der Waals surface area contributed by atoms with Crippen LogP contribution in [-0.2, 0) is 10.1 Å². The van der Waals surface area contributed by atoms with Gasteiger partial charge in [0.1, 0.15) is 10.6 Å². The number of hydrogen-bond acceptors (Lipinski definition) is 5. The Kier molecular flexibility index (Phi) is 3.82. The fraction of sp³-hybridized carbons (Fsp3) is 0. The quantitative estimate of drug-likeness (QED) is 0.402. The first-order chi connectivity index (χ1) is 9.12. The molecule has 0 spiro atoms. The van der Waals surface area contributed by atoms with Gasteiger partial charge in [-0.1, -0.05) is 35.5 Å². The maximum absolute atomic E-state index is 12.0. The van der Waals surface area contributed by atoms with Gasteiger partial charge in [0.25, 0.3) is 0 Å². The highest BCUT2D eigenvalue weighted by Gasteiger charge is 2.15. The molecule has 19 heavy (non-hydrogen) atoms. The SMILES string of the molecule is O=S(=O)(Oc1cccc(/C=N/O)c1)c1ccccc1. The van der Waals surface area contributed by atoms with Gasteiger partial charge in [0.2, 0.25) is 0 Å². The highest BCUT2D eigenvalue weighted by Crippen LogP contribution is 2.19. The number of nitrogens with zero attached hydrogens (tertiary/aromatic N) is 1. The molecule has 2 rings (SSSR count). The zero-order valence-corrected chi connectivity index (χ0v) is 10.6. The predicted octanol–water partition coefficient (Wildman–Crippen LogP) is 2.26. The van der Waals surface area contributed by atoms with E-state index in [4.69, 9.17) is 9.39 Å². The standard InChI is InChI=1S/C13H11NO4S/c15-14-10-11-5-4-6-12(9-11)18-19(16,17)13-7-2-1-3-8-13/h1-10,15H/b14-10+. The van der Waals surface area contributed by atoms with E-state index in [1.807, 2.05) is 0 Å². The van der Waals surface area contributed by atoms with Crippen molar-refractivity contribution in [2.24, 2.45) is 5.16 Å². The lowest BCUT2D eigenvalue weighted by atomic mass is 10.2. The minimum absolute atomic E-state index is 0.0798. The van der Waals surface area contributed by atoms with Crippen LogP contribution in [0.1, 0.15) is 5.56 Å². The van der Waals surface area contributed by atoms with Crippen molar-refractivity contribution in [2.45, 2.75) is 4.90 Å². The lowest BCUT2D eigenvalue weighted by molar-refractivity contribution is 0.322. The van der Waals surface area contributed by atoms with Gasteiger partial charge in [0.15, 0.2) is 0 Å². The second kappa shape index (κ2) is 5.53. The maximum Gasteiger partial charge on any atom is 0.339 e. The van der Waals surface area contributed by atoms with E-state index in [-0.39, 0.29) is 10.6 Å². The third-order valence-electron chi connectivity index (χ3n) is 2.30. The van der Waals surface area contributed by atoms with Gasteiger partial charge in [-0.25, -0.2) is 0 Å². The van der Waals surface area contributed by atoms with Gasteiger partial charge in [0, 0.05) is 0 Å². The van der Waals surface area contributed by atoms with E-state index in [2.05, 4.69) is 5.16 Å². The molecule has 0 unspecified atom stereocenters. The summed E-state index contributed by atoms with van der Waals surface area (Å²) >= 11 is 0. The van der Waals surface area contributed by atoms with E-state index in [1.54, 1.807) is 30.3 Å². The monoisotopic (exact) mass is 277 g/mol. The molecule has 0 aliphatic heterocycles. The van der Waals surface area contributed by atoms with Gasteiger partial charge in [-0.2, -0.15) is 8.42 Å². The van der Waals surface area contributed by atoms with E-state index in [1.165, 1.54) is 30.5 Å². The lowest BCUT2D eigenvalue weighted by Crippen LogP contribution is -2.09. The molecule has 0 bridgehead atoms. The first kappa shape index (κ1) is 13.1. The van der Waals surface area contributed by atoms with Gasteiger partial charge in [-0.3, -0.25) is 0 Å². The number of rotatable bonds is 4. The van der Waals surface area contributed by atoms with Gasteiger partial charge >= 0.3 is 10.1 Å². The fourth-order valence-electron chi connectivity index (χ4n) is 1.48. The molecule has 0 saturated heterocycles. The topological polar surface area (TPSA) is 76.0 Å². The summed E-state index contributed by atoms with van der Waals surface area (Å²) in [6, 6.07) is 14.1. The average molecular weight is 277 g/mol. The van der Waals surface area contributed by atoms with Gasteiger partial charge in [-0.05, 0) is 29.8 Å². The van der Waals surface area contributed by atoms with Crippen LogP contribution in [0, 0.1) is 0 Å². The molecule has 0 aromatic heterocycles. The fourth-order valence-corrected chi connectivity index (χ4v) is 2.42. The van der Waals surface area contributed by atoms with E-state index < -0.39 is 10.1 Å². The molecule has 0 aliphatic carbocycles. The Hall–Kier alpha value is -2.34. The smallest absolute Gasteiger partial charge is 0.339 e. The highest BCUT2D eigenvalue weighted by molar-refractivity contribution is 7.87. The number of benzene rings is 2. The van der Waals surface area contributed by atoms with Crippen molar-refractivity contribution >= 4 is 16.3 Å². The summed E-state index contributed by atoms with van der Waals surface area (Å²) in [5.74, 6) is 0.154. The van der Waals surface area contributed by atoms with Crippen LogP contribution in [0.25, 0.3) is 0 Å². The Morgan fingerprint density at radius 2 is 1.79 bits per heavy atom. The second-order valence-corrected chi connectivity index (χ2v) is 5.21. The molecule has 0 radical (unpaired) electrons. The molecule has 98 valence electrons. The van der Waals surface area contributed by atoms with E-state index in [0.717, 1.165) is 0 Å². The molecular weight excluding hydrogens is 266 g/mol. The molecule has 2 aromatic carbocycles. The molecule has 0 saturated carbocycles. The Labute approximate surface area is 110 Å². The summed E-state index contributed by atoms with van der Waals surface area (Å²) in [5.41, 5.74) is 0.531. The Bertz CT molecular complexity index is 681. The average Bonchev–Trinajstić information content (AvgIpc) is 2.40. The minimum atomic E-state index is -3.85. The minimum Gasteiger partial charge on any atom is -0.411 e. The molecule has 1 N–H and O–H groups in total. The van der Waals surface area contributed by atoms with Gasteiger partial charge in [-0.15, -0.1) is 0 Å². The lowest BCUT2D eigenvalue weighted by Gasteiger charge is -2.07. The van der Waals surface area contributed by atoms with Crippen molar-refractivity contribution in [3.63, 3.8) is 0 Å². The predicted molar refractivity (Wildman–Crippen MR) is 70.1 cm³/mol. The van der Waals surface area contributed by atoms with Crippen molar-refractivity contribution in [3.8, 4) is 5.75 Å². The summed E-state index contributed by atoms with van der Waals surface area (Å²) in [6.45, 7) is 0. The molecule has 2 aromatic rings. The van der Waals surface area contributed by atoms with E-state index in [9.17, 15) is 8.42 Å². The van der Waals surface area contributed by atoms with E-state index in [0.29, 0.717) is 5.56 Å². The third-order valence-corrected chi connectivity index (χ3v) is 3.56. The van der Waals surface area contributed by atoms with Crippen LogP contribution in [-0.4, -0.2) is 19.8 Å². The van der Waals surface area contributed by atoms with E-state index >= 15 is 0 Å². The largest absolute Gasteiger partial charge is 0.411 e. The van der Waals surface area contributed by atoms with Crippen LogP contribution < -0.4 is 4.18 Å².